The van der Waals surface area contributed by atoms with E-state index >= 15 is 0 Å². The molecule has 1 aromatic carbocycles. The van der Waals surface area contributed by atoms with Crippen molar-refractivity contribution < 1.29 is 14.4 Å². The first-order valence-corrected chi connectivity index (χ1v) is 6.48. The van der Waals surface area contributed by atoms with Gasteiger partial charge < -0.3 is 9.63 Å². The summed E-state index contributed by atoms with van der Waals surface area (Å²) in [6.45, 7) is 1.62. The van der Waals surface area contributed by atoms with Gasteiger partial charge in [-0.05, 0) is 49.8 Å². The van der Waals surface area contributed by atoms with E-state index in [1.807, 2.05) is 6.07 Å². The van der Waals surface area contributed by atoms with Crippen LogP contribution in [-0.2, 0) is 12.8 Å². The Hall–Kier alpha value is -2.10. The Labute approximate surface area is 111 Å². The first-order chi connectivity index (χ1) is 9.16. The zero-order valence-corrected chi connectivity index (χ0v) is 10.8. The Morgan fingerprint density at radius 2 is 2.00 bits per heavy atom. The number of aromatic nitrogens is 1. The van der Waals surface area contributed by atoms with E-state index in [2.05, 4.69) is 17.3 Å². The van der Waals surface area contributed by atoms with Gasteiger partial charge >= 0.3 is 5.97 Å². The monoisotopic (exact) mass is 257 g/mol. The van der Waals surface area contributed by atoms with Gasteiger partial charge in [0.2, 0.25) is 0 Å². The van der Waals surface area contributed by atoms with Crippen LogP contribution in [0.3, 0.4) is 0 Å². The van der Waals surface area contributed by atoms with Crippen LogP contribution in [0, 0.1) is 6.92 Å². The normalized spacial score (nSPS) is 14.2. The summed E-state index contributed by atoms with van der Waals surface area (Å²) in [5.74, 6) is -0.647. The molecule has 4 heteroatoms. The van der Waals surface area contributed by atoms with E-state index in [0.29, 0.717) is 11.5 Å². The molecule has 19 heavy (non-hydrogen) atoms. The molecule has 0 bridgehead atoms. The Kier molecular flexibility index (Phi) is 2.85. The lowest BCUT2D eigenvalue weighted by molar-refractivity contribution is 0.0696. The summed E-state index contributed by atoms with van der Waals surface area (Å²) >= 11 is 0. The predicted octanol–water partition coefficient (Wildman–Crippen LogP) is 3.23. The van der Waals surface area contributed by atoms with Gasteiger partial charge in [0.05, 0.1) is 0 Å². The number of hydrogen-bond donors (Lipinski definition) is 1. The Balaban J connectivity index is 2.10. The molecule has 3 rings (SSSR count). The number of carboxylic acids is 1. The highest BCUT2D eigenvalue weighted by atomic mass is 16.5. The second kappa shape index (κ2) is 4.53. The van der Waals surface area contributed by atoms with Gasteiger partial charge in [-0.25, -0.2) is 4.79 Å². The van der Waals surface area contributed by atoms with Crippen molar-refractivity contribution in [3.8, 4) is 11.3 Å². The fourth-order valence-corrected chi connectivity index (χ4v) is 2.70. The number of nitrogens with zero attached hydrogens (tertiary/aromatic N) is 1. The van der Waals surface area contributed by atoms with E-state index in [9.17, 15) is 9.90 Å². The van der Waals surface area contributed by atoms with Crippen molar-refractivity contribution in [3.63, 3.8) is 0 Å². The third kappa shape index (κ3) is 2.03. The molecule has 0 unspecified atom stereocenters. The highest BCUT2D eigenvalue weighted by Crippen LogP contribution is 2.29. The quantitative estimate of drug-likeness (QED) is 0.897. The fraction of sp³-hybridized carbons (Fsp3) is 0.333. The molecule has 0 atom stereocenters. The van der Waals surface area contributed by atoms with Crippen LogP contribution in [0.15, 0.2) is 22.7 Å². The average molecular weight is 257 g/mol. The van der Waals surface area contributed by atoms with Crippen LogP contribution in [0.25, 0.3) is 11.3 Å². The minimum atomic E-state index is -0.994. The van der Waals surface area contributed by atoms with E-state index < -0.39 is 5.97 Å². The summed E-state index contributed by atoms with van der Waals surface area (Å²) in [5.41, 5.74) is 4.09. The van der Waals surface area contributed by atoms with Gasteiger partial charge in [0.15, 0.2) is 0 Å². The van der Waals surface area contributed by atoms with E-state index in [1.165, 1.54) is 24.0 Å². The number of benzene rings is 1. The van der Waals surface area contributed by atoms with Crippen LogP contribution in [0.4, 0.5) is 0 Å². The van der Waals surface area contributed by atoms with Crippen molar-refractivity contribution in [2.45, 2.75) is 32.6 Å². The van der Waals surface area contributed by atoms with Gasteiger partial charge in [0.25, 0.3) is 0 Å². The minimum Gasteiger partial charge on any atom is -0.477 e. The zero-order valence-electron chi connectivity index (χ0n) is 10.8. The third-order valence-corrected chi connectivity index (χ3v) is 3.70. The number of aryl methyl sites for hydroxylation is 3. The summed E-state index contributed by atoms with van der Waals surface area (Å²) in [5, 5.41) is 13.1. The SMILES string of the molecule is Cc1onc(-c2ccc3c(c2)CCCC3)c1C(=O)O. The average Bonchev–Trinajstić information content (AvgIpc) is 2.80. The molecule has 0 saturated heterocycles. The van der Waals surface area contributed by atoms with Crippen molar-refractivity contribution in [1.29, 1.82) is 0 Å². The van der Waals surface area contributed by atoms with Crippen LogP contribution in [-0.4, -0.2) is 16.2 Å². The Bertz CT molecular complexity index is 643. The maximum atomic E-state index is 11.3. The van der Waals surface area contributed by atoms with Crippen molar-refractivity contribution in [2.75, 3.05) is 0 Å². The van der Waals surface area contributed by atoms with Gasteiger partial charge in [0.1, 0.15) is 17.0 Å². The second-order valence-electron chi connectivity index (χ2n) is 4.96. The van der Waals surface area contributed by atoms with E-state index in [0.717, 1.165) is 18.4 Å². The van der Waals surface area contributed by atoms with Crippen LogP contribution >= 0.6 is 0 Å². The third-order valence-electron chi connectivity index (χ3n) is 3.70. The van der Waals surface area contributed by atoms with Gasteiger partial charge in [-0.15, -0.1) is 0 Å². The highest BCUT2D eigenvalue weighted by Gasteiger charge is 2.21. The predicted molar refractivity (Wildman–Crippen MR) is 70.3 cm³/mol. The minimum absolute atomic E-state index is 0.163. The van der Waals surface area contributed by atoms with E-state index in [-0.39, 0.29) is 5.56 Å². The molecule has 0 radical (unpaired) electrons. The molecular formula is C15H15NO3. The molecule has 1 aliphatic carbocycles. The lowest BCUT2D eigenvalue weighted by Crippen LogP contribution is -2.03. The molecule has 0 amide bonds. The van der Waals surface area contributed by atoms with Crippen molar-refractivity contribution >= 4 is 5.97 Å². The summed E-state index contributed by atoms with van der Waals surface area (Å²) in [6, 6.07) is 6.07. The van der Waals surface area contributed by atoms with Crippen molar-refractivity contribution in [1.82, 2.24) is 5.16 Å². The molecule has 0 aliphatic heterocycles. The second-order valence-corrected chi connectivity index (χ2v) is 4.96. The summed E-state index contributed by atoms with van der Waals surface area (Å²) in [4.78, 5) is 11.3. The molecule has 1 aliphatic rings. The maximum Gasteiger partial charge on any atom is 0.341 e. The molecule has 0 spiro atoms. The number of carboxylic acid groups (broad SMARTS) is 1. The molecule has 2 aromatic rings. The molecular weight excluding hydrogens is 242 g/mol. The molecule has 98 valence electrons. The molecule has 1 aromatic heterocycles. The number of hydrogen-bond acceptors (Lipinski definition) is 3. The lowest BCUT2D eigenvalue weighted by Gasteiger charge is -2.16. The summed E-state index contributed by atoms with van der Waals surface area (Å²) in [7, 11) is 0. The van der Waals surface area contributed by atoms with Crippen LogP contribution in [0.2, 0.25) is 0 Å². The fourth-order valence-electron chi connectivity index (χ4n) is 2.70. The van der Waals surface area contributed by atoms with Crippen LogP contribution in [0.1, 0.15) is 40.1 Å². The standard InChI is InChI=1S/C15H15NO3/c1-9-13(15(17)18)14(16-19-9)12-7-6-10-4-2-3-5-11(10)8-12/h6-8H,2-5H2,1H3,(H,17,18). The first-order valence-electron chi connectivity index (χ1n) is 6.48. The number of carbonyl (C=O) groups is 1. The zero-order chi connectivity index (χ0) is 13.4. The van der Waals surface area contributed by atoms with Crippen molar-refractivity contribution in [3.05, 3.63) is 40.6 Å². The maximum absolute atomic E-state index is 11.3. The number of rotatable bonds is 2. The molecule has 0 saturated carbocycles. The molecule has 0 fully saturated rings. The lowest BCUT2D eigenvalue weighted by atomic mass is 9.89. The molecule has 4 nitrogen and oxygen atoms in total. The van der Waals surface area contributed by atoms with Gasteiger partial charge in [-0.2, -0.15) is 0 Å². The van der Waals surface area contributed by atoms with Crippen molar-refractivity contribution in [2.24, 2.45) is 0 Å². The van der Waals surface area contributed by atoms with E-state index in [4.69, 9.17) is 4.52 Å². The highest BCUT2D eigenvalue weighted by molar-refractivity contribution is 5.95. The summed E-state index contributed by atoms with van der Waals surface area (Å²) < 4.78 is 5.02. The van der Waals surface area contributed by atoms with Crippen LogP contribution in [0.5, 0.6) is 0 Å². The molecule has 1 heterocycles. The van der Waals surface area contributed by atoms with Gasteiger partial charge in [0, 0.05) is 5.56 Å². The molecule has 1 N–H and O–H groups in total. The van der Waals surface area contributed by atoms with Gasteiger partial charge in [-0.3, -0.25) is 0 Å². The largest absolute Gasteiger partial charge is 0.477 e. The topological polar surface area (TPSA) is 63.3 Å². The first kappa shape index (κ1) is 12.0. The smallest absolute Gasteiger partial charge is 0.341 e. The van der Waals surface area contributed by atoms with Gasteiger partial charge in [-0.1, -0.05) is 17.3 Å². The number of fused-ring (bicyclic) bond motifs is 1. The van der Waals surface area contributed by atoms with Crippen LogP contribution < -0.4 is 0 Å². The number of aromatic carboxylic acids is 1. The van der Waals surface area contributed by atoms with E-state index in [1.54, 1.807) is 6.92 Å². The summed E-state index contributed by atoms with van der Waals surface area (Å²) in [6.07, 6.45) is 4.59. The Morgan fingerprint density at radius 3 is 2.74 bits per heavy atom. The Morgan fingerprint density at radius 1 is 1.26 bits per heavy atom.